The van der Waals surface area contributed by atoms with E-state index in [1.165, 1.54) is 0 Å². The van der Waals surface area contributed by atoms with Gasteiger partial charge in [0.25, 0.3) is 0 Å². The molecule has 0 spiro atoms. The van der Waals surface area contributed by atoms with Crippen LogP contribution in [-0.4, -0.2) is 5.78 Å². The standard InChI is InChI=1S/C13H9N3O/c14-16-15-12-8-6-11(7-9-12)13(17)10-4-2-1-3-5-10/h1-9H. The number of rotatable bonds is 3. The van der Waals surface area contributed by atoms with Crippen LogP contribution < -0.4 is 0 Å². The minimum atomic E-state index is -0.0434. The molecule has 0 aromatic heterocycles. The molecule has 0 aliphatic rings. The Hall–Kier alpha value is -2.58. The minimum absolute atomic E-state index is 0.0434. The minimum Gasteiger partial charge on any atom is -0.289 e. The van der Waals surface area contributed by atoms with Gasteiger partial charge in [-0.05, 0) is 5.53 Å². The second-order valence-corrected chi connectivity index (χ2v) is 3.43. The summed E-state index contributed by atoms with van der Waals surface area (Å²) in [5, 5.41) is 3.45. The van der Waals surface area contributed by atoms with Gasteiger partial charge in [-0.2, -0.15) is 0 Å². The van der Waals surface area contributed by atoms with Crippen LogP contribution in [0.5, 0.6) is 0 Å². The van der Waals surface area contributed by atoms with Gasteiger partial charge in [-0.3, -0.25) is 4.79 Å². The second kappa shape index (κ2) is 4.96. The lowest BCUT2D eigenvalue weighted by Gasteiger charge is -2.00. The summed E-state index contributed by atoms with van der Waals surface area (Å²) in [7, 11) is 0. The van der Waals surface area contributed by atoms with Crippen molar-refractivity contribution in [2.45, 2.75) is 0 Å². The summed E-state index contributed by atoms with van der Waals surface area (Å²) >= 11 is 0. The molecule has 0 atom stereocenters. The Morgan fingerprint density at radius 1 is 0.941 bits per heavy atom. The zero-order valence-electron chi connectivity index (χ0n) is 8.95. The van der Waals surface area contributed by atoms with Gasteiger partial charge in [0.15, 0.2) is 5.78 Å². The van der Waals surface area contributed by atoms with Gasteiger partial charge in [0.2, 0.25) is 0 Å². The quantitative estimate of drug-likeness (QED) is 0.337. The van der Waals surface area contributed by atoms with Crippen LogP contribution in [0, 0.1) is 0 Å². The molecule has 0 N–H and O–H groups in total. The monoisotopic (exact) mass is 223 g/mol. The van der Waals surface area contributed by atoms with Crippen LogP contribution >= 0.6 is 0 Å². The van der Waals surface area contributed by atoms with Gasteiger partial charge in [-0.25, -0.2) is 0 Å². The van der Waals surface area contributed by atoms with E-state index in [1.807, 2.05) is 18.2 Å². The van der Waals surface area contributed by atoms with Crippen LogP contribution in [0.1, 0.15) is 15.9 Å². The number of benzene rings is 2. The molecule has 17 heavy (non-hydrogen) atoms. The zero-order valence-corrected chi connectivity index (χ0v) is 8.95. The van der Waals surface area contributed by atoms with Gasteiger partial charge < -0.3 is 0 Å². The van der Waals surface area contributed by atoms with E-state index in [0.29, 0.717) is 16.8 Å². The molecular formula is C13H9N3O. The normalized spacial score (nSPS) is 9.41. The molecule has 0 radical (unpaired) electrons. The van der Waals surface area contributed by atoms with Crippen molar-refractivity contribution in [2.75, 3.05) is 0 Å². The summed E-state index contributed by atoms with van der Waals surface area (Å²) in [6.45, 7) is 0. The number of hydrogen-bond acceptors (Lipinski definition) is 2. The molecule has 0 aliphatic heterocycles. The Morgan fingerprint density at radius 3 is 2.12 bits per heavy atom. The molecule has 0 heterocycles. The molecule has 2 rings (SSSR count). The Morgan fingerprint density at radius 2 is 1.53 bits per heavy atom. The third-order valence-electron chi connectivity index (χ3n) is 2.33. The first-order valence-electron chi connectivity index (χ1n) is 5.06. The summed E-state index contributed by atoms with van der Waals surface area (Å²) in [6.07, 6.45) is 0. The molecule has 2 aromatic rings. The van der Waals surface area contributed by atoms with Gasteiger partial charge in [0, 0.05) is 21.7 Å². The van der Waals surface area contributed by atoms with E-state index < -0.39 is 0 Å². The molecule has 2 aromatic carbocycles. The summed E-state index contributed by atoms with van der Waals surface area (Å²) < 4.78 is 0. The number of nitrogens with zero attached hydrogens (tertiary/aromatic N) is 3. The molecule has 4 heteroatoms. The number of ketones is 1. The van der Waals surface area contributed by atoms with E-state index >= 15 is 0 Å². The topological polar surface area (TPSA) is 65.8 Å². The first kappa shape index (κ1) is 10.9. The van der Waals surface area contributed by atoms with E-state index in [4.69, 9.17) is 5.53 Å². The van der Waals surface area contributed by atoms with Crippen molar-refractivity contribution >= 4 is 11.5 Å². The lowest BCUT2D eigenvalue weighted by molar-refractivity contribution is 0.103. The zero-order chi connectivity index (χ0) is 12.1. The first-order valence-corrected chi connectivity index (χ1v) is 5.06. The Bertz CT molecular complexity index is 569. The average molecular weight is 223 g/mol. The Balaban J connectivity index is 2.29. The highest BCUT2D eigenvalue weighted by molar-refractivity contribution is 6.09. The highest BCUT2D eigenvalue weighted by atomic mass is 16.1. The molecule has 0 amide bonds. The maximum absolute atomic E-state index is 12.0. The molecule has 0 saturated heterocycles. The fourth-order valence-electron chi connectivity index (χ4n) is 1.49. The molecule has 0 saturated carbocycles. The average Bonchev–Trinajstić information content (AvgIpc) is 2.40. The van der Waals surface area contributed by atoms with Crippen molar-refractivity contribution in [2.24, 2.45) is 5.11 Å². The molecule has 0 bridgehead atoms. The number of carbonyl (C=O) groups excluding carboxylic acids is 1. The Labute approximate surface area is 98.1 Å². The fraction of sp³-hybridized carbons (Fsp3) is 0. The van der Waals surface area contributed by atoms with E-state index in [2.05, 4.69) is 10.0 Å². The molecule has 82 valence electrons. The van der Waals surface area contributed by atoms with E-state index in [0.717, 1.165) is 0 Å². The summed E-state index contributed by atoms with van der Waals surface area (Å²) in [5.74, 6) is -0.0434. The Kier molecular flexibility index (Phi) is 3.19. The lowest BCUT2D eigenvalue weighted by atomic mass is 10.0. The van der Waals surface area contributed by atoms with Gasteiger partial charge in [0.05, 0.1) is 0 Å². The summed E-state index contributed by atoms with van der Waals surface area (Å²) in [6, 6.07) is 15.6. The summed E-state index contributed by atoms with van der Waals surface area (Å²) in [5.41, 5.74) is 9.98. The van der Waals surface area contributed by atoms with E-state index in [9.17, 15) is 4.79 Å². The molecule has 0 unspecified atom stereocenters. The number of carbonyl (C=O) groups is 1. The van der Waals surface area contributed by atoms with Crippen LogP contribution in [0.3, 0.4) is 0 Å². The molecule has 0 fully saturated rings. The predicted octanol–water partition coefficient (Wildman–Crippen LogP) is 3.86. The molecular weight excluding hydrogens is 214 g/mol. The highest BCUT2D eigenvalue weighted by Crippen LogP contribution is 2.15. The van der Waals surface area contributed by atoms with Crippen molar-refractivity contribution in [3.63, 3.8) is 0 Å². The SMILES string of the molecule is [N-]=[N+]=Nc1ccc(C(=O)c2ccccc2)cc1. The maximum atomic E-state index is 12.0. The summed E-state index contributed by atoms with van der Waals surface area (Å²) in [4.78, 5) is 14.7. The third kappa shape index (κ3) is 2.51. The second-order valence-electron chi connectivity index (χ2n) is 3.43. The number of azide groups is 1. The van der Waals surface area contributed by atoms with Gasteiger partial charge in [-0.15, -0.1) is 0 Å². The maximum Gasteiger partial charge on any atom is 0.193 e. The van der Waals surface area contributed by atoms with E-state index in [1.54, 1.807) is 36.4 Å². The van der Waals surface area contributed by atoms with Crippen molar-refractivity contribution < 1.29 is 4.79 Å². The van der Waals surface area contributed by atoms with Crippen LogP contribution in [-0.2, 0) is 0 Å². The van der Waals surface area contributed by atoms with Crippen LogP contribution in [0.4, 0.5) is 5.69 Å². The number of hydrogen-bond donors (Lipinski definition) is 0. The van der Waals surface area contributed by atoms with E-state index in [-0.39, 0.29) is 5.78 Å². The molecule has 0 aliphatic carbocycles. The van der Waals surface area contributed by atoms with Crippen LogP contribution in [0.25, 0.3) is 10.4 Å². The first-order chi connectivity index (χ1) is 8.31. The van der Waals surface area contributed by atoms with Crippen molar-refractivity contribution in [3.05, 3.63) is 76.2 Å². The fourth-order valence-corrected chi connectivity index (χ4v) is 1.49. The highest BCUT2D eigenvalue weighted by Gasteiger charge is 2.07. The van der Waals surface area contributed by atoms with Crippen LogP contribution in [0.15, 0.2) is 59.7 Å². The van der Waals surface area contributed by atoms with Gasteiger partial charge in [0.1, 0.15) is 0 Å². The largest absolute Gasteiger partial charge is 0.289 e. The van der Waals surface area contributed by atoms with Crippen molar-refractivity contribution in [1.82, 2.24) is 0 Å². The van der Waals surface area contributed by atoms with Crippen LogP contribution in [0.2, 0.25) is 0 Å². The lowest BCUT2D eigenvalue weighted by Crippen LogP contribution is -1.99. The van der Waals surface area contributed by atoms with Gasteiger partial charge in [-0.1, -0.05) is 59.7 Å². The molecule has 4 nitrogen and oxygen atoms in total. The van der Waals surface area contributed by atoms with Crippen molar-refractivity contribution in [1.29, 1.82) is 0 Å². The van der Waals surface area contributed by atoms with Crippen molar-refractivity contribution in [3.8, 4) is 0 Å². The third-order valence-corrected chi connectivity index (χ3v) is 2.33. The van der Waals surface area contributed by atoms with Gasteiger partial charge >= 0.3 is 0 Å². The smallest absolute Gasteiger partial charge is 0.193 e. The predicted molar refractivity (Wildman–Crippen MR) is 65.1 cm³/mol.